The van der Waals surface area contributed by atoms with Crippen molar-refractivity contribution in [3.63, 3.8) is 0 Å². The summed E-state index contributed by atoms with van der Waals surface area (Å²) in [6.07, 6.45) is 1.77. The van der Waals surface area contributed by atoms with Gasteiger partial charge < -0.3 is 9.72 Å². The van der Waals surface area contributed by atoms with Gasteiger partial charge in [0, 0.05) is 17.7 Å². The Bertz CT molecular complexity index is 1660. The van der Waals surface area contributed by atoms with E-state index in [2.05, 4.69) is 16.0 Å². The lowest BCUT2D eigenvalue weighted by molar-refractivity contribution is -0.384. The van der Waals surface area contributed by atoms with Crippen molar-refractivity contribution in [3.8, 4) is 11.8 Å². The van der Waals surface area contributed by atoms with E-state index in [0.29, 0.717) is 22.7 Å². The van der Waals surface area contributed by atoms with Crippen molar-refractivity contribution in [1.29, 1.82) is 5.26 Å². The molecule has 5 rings (SSSR count). The number of aromatic amines is 1. The summed E-state index contributed by atoms with van der Waals surface area (Å²) in [6.45, 7) is 2.15. The number of nitrogens with zero attached hydrogens (tertiary/aromatic N) is 3. The SMILES string of the molecule is Cc1ccc2nc(/C(C#N)=C\c3c(OCc4cccc([N+](=O)[O-])c4)ccc4ccccc34)[nH]c2c1. The lowest BCUT2D eigenvalue weighted by atomic mass is 10.0. The normalized spacial score (nSPS) is 11.5. The summed E-state index contributed by atoms with van der Waals surface area (Å²) in [6, 6.07) is 26.2. The quantitative estimate of drug-likeness (QED) is 0.175. The van der Waals surface area contributed by atoms with E-state index in [1.807, 2.05) is 61.5 Å². The molecule has 0 bridgehead atoms. The van der Waals surface area contributed by atoms with Gasteiger partial charge in [-0.1, -0.05) is 48.5 Å². The average molecular weight is 460 g/mol. The Morgan fingerprint density at radius 3 is 2.80 bits per heavy atom. The number of allylic oxidation sites excluding steroid dienone is 1. The number of hydrogen-bond donors (Lipinski definition) is 1. The van der Waals surface area contributed by atoms with Gasteiger partial charge in [-0.15, -0.1) is 0 Å². The van der Waals surface area contributed by atoms with Crippen LogP contribution in [0.3, 0.4) is 0 Å². The van der Waals surface area contributed by atoms with Crippen LogP contribution in [-0.2, 0) is 6.61 Å². The zero-order valence-electron chi connectivity index (χ0n) is 18.9. The number of hydrogen-bond acceptors (Lipinski definition) is 5. The molecule has 0 spiro atoms. The zero-order valence-corrected chi connectivity index (χ0v) is 18.9. The van der Waals surface area contributed by atoms with Gasteiger partial charge in [0.15, 0.2) is 0 Å². The van der Waals surface area contributed by atoms with Crippen molar-refractivity contribution in [2.75, 3.05) is 0 Å². The molecule has 0 amide bonds. The first-order chi connectivity index (χ1) is 17.0. The number of non-ortho nitro benzene ring substituents is 1. The predicted molar refractivity (Wildman–Crippen MR) is 136 cm³/mol. The Labute approximate surface area is 201 Å². The van der Waals surface area contributed by atoms with Crippen molar-refractivity contribution < 1.29 is 9.66 Å². The third-order valence-electron chi connectivity index (χ3n) is 5.75. The molecule has 0 aliphatic rings. The van der Waals surface area contributed by atoms with E-state index in [1.165, 1.54) is 12.1 Å². The number of rotatable bonds is 6. The number of H-pyrrole nitrogens is 1. The minimum absolute atomic E-state index is 0.0108. The zero-order chi connectivity index (χ0) is 24.4. The Kier molecular flexibility index (Phi) is 5.70. The maximum absolute atomic E-state index is 11.1. The molecule has 35 heavy (non-hydrogen) atoms. The number of nitro benzene ring substituents is 1. The summed E-state index contributed by atoms with van der Waals surface area (Å²) in [5.74, 6) is 1.04. The van der Waals surface area contributed by atoms with E-state index in [9.17, 15) is 15.4 Å². The van der Waals surface area contributed by atoms with Crippen LogP contribution in [0.2, 0.25) is 0 Å². The lowest BCUT2D eigenvalue weighted by Crippen LogP contribution is -1.99. The van der Waals surface area contributed by atoms with E-state index < -0.39 is 4.92 Å². The van der Waals surface area contributed by atoms with E-state index in [-0.39, 0.29) is 12.3 Å². The molecule has 170 valence electrons. The fourth-order valence-corrected chi connectivity index (χ4v) is 4.02. The van der Waals surface area contributed by atoms with E-state index >= 15 is 0 Å². The molecule has 1 aromatic heterocycles. The number of aryl methyl sites for hydroxylation is 1. The highest BCUT2D eigenvalue weighted by Gasteiger charge is 2.13. The second-order valence-corrected chi connectivity index (χ2v) is 8.19. The van der Waals surface area contributed by atoms with Crippen molar-refractivity contribution in [2.24, 2.45) is 0 Å². The summed E-state index contributed by atoms with van der Waals surface area (Å²) in [5.41, 5.74) is 4.54. The van der Waals surface area contributed by atoms with Gasteiger partial charge in [-0.3, -0.25) is 10.1 Å². The van der Waals surface area contributed by atoms with Gasteiger partial charge in [-0.05, 0) is 53.1 Å². The second kappa shape index (κ2) is 9.12. The van der Waals surface area contributed by atoms with Gasteiger partial charge in [0.05, 0.1) is 21.5 Å². The molecule has 4 aromatic carbocycles. The molecule has 5 aromatic rings. The summed E-state index contributed by atoms with van der Waals surface area (Å²) >= 11 is 0. The van der Waals surface area contributed by atoms with Gasteiger partial charge in [0.25, 0.3) is 5.69 Å². The van der Waals surface area contributed by atoms with Gasteiger partial charge in [0.2, 0.25) is 0 Å². The first-order valence-corrected chi connectivity index (χ1v) is 11.0. The smallest absolute Gasteiger partial charge is 0.269 e. The highest BCUT2D eigenvalue weighted by molar-refractivity contribution is 6.00. The third-order valence-corrected chi connectivity index (χ3v) is 5.75. The van der Waals surface area contributed by atoms with E-state index in [0.717, 1.165) is 32.9 Å². The number of benzene rings is 4. The van der Waals surface area contributed by atoms with Crippen LogP contribution in [0.15, 0.2) is 78.9 Å². The molecule has 7 heteroatoms. The van der Waals surface area contributed by atoms with Gasteiger partial charge in [-0.2, -0.15) is 5.26 Å². The van der Waals surface area contributed by atoms with Gasteiger partial charge in [0.1, 0.15) is 24.3 Å². The van der Waals surface area contributed by atoms with Crippen LogP contribution < -0.4 is 4.74 Å². The van der Waals surface area contributed by atoms with Crippen LogP contribution >= 0.6 is 0 Å². The Morgan fingerprint density at radius 1 is 1.11 bits per heavy atom. The number of fused-ring (bicyclic) bond motifs is 2. The first-order valence-electron chi connectivity index (χ1n) is 11.0. The minimum Gasteiger partial charge on any atom is -0.488 e. The van der Waals surface area contributed by atoms with E-state index in [1.54, 1.807) is 18.2 Å². The van der Waals surface area contributed by atoms with E-state index in [4.69, 9.17) is 4.74 Å². The molecule has 0 atom stereocenters. The summed E-state index contributed by atoms with van der Waals surface area (Å²) in [7, 11) is 0. The molecule has 0 aliphatic heterocycles. The number of imidazole rings is 1. The van der Waals surface area contributed by atoms with Crippen LogP contribution in [-0.4, -0.2) is 14.9 Å². The molecular weight excluding hydrogens is 440 g/mol. The third kappa shape index (κ3) is 4.45. The van der Waals surface area contributed by atoms with Gasteiger partial charge in [-0.25, -0.2) is 4.98 Å². The van der Waals surface area contributed by atoms with Crippen molar-refractivity contribution in [3.05, 3.63) is 111 Å². The molecule has 0 fully saturated rings. The maximum Gasteiger partial charge on any atom is 0.269 e. The fraction of sp³-hybridized carbons (Fsp3) is 0.0714. The van der Waals surface area contributed by atoms with Crippen LogP contribution in [0.4, 0.5) is 5.69 Å². The molecule has 0 aliphatic carbocycles. The minimum atomic E-state index is -0.429. The highest BCUT2D eigenvalue weighted by Crippen LogP contribution is 2.32. The number of nitro groups is 1. The lowest BCUT2D eigenvalue weighted by Gasteiger charge is -2.12. The number of nitrogens with one attached hydrogen (secondary N) is 1. The van der Waals surface area contributed by atoms with Crippen molar-refractivity contribution in [1.82, 2.24) is 9.97 Å². The first kappa shape index (κ1) is 21.9. The standard InChI is InChI=1S/C28H20N4O3/c1-18-9-11-25-26(13-18)31-28(30-25)21(16-29)15-24-23-8-3-2-6-20(23)10-12-27(24)35-17-19-5-4-7-22(14-19)32(33)34/h2-15H,17H2,1H3,(H,30,31)/b21-15-. The molecule has 0 saturated heterocycles. The fourth-order valence-electron chi connectivity index (χ4n) is 4.02. The van der Waals surface area contributed by atoms with Crippen molar-refractivity contribution in [2.45, 2.75) is 13.5 Å². The van der Waals surface area contributed by atoms with Crippen LogP contribution in [0.25, 0.3) is 33.5 Å². The molecule has 0 radical (unpaired) electrons. The Hall–Kier alpha value is -4.96. The molecule has 0 saturated carbocycles. The molecule has 0 unspecified atom stereocenters. The van der Waals surface area contributed by atoms with Crippen LogP contribution in [0.1, 0.15) is 22.5 Å². The number of ether oxygens (including phenoxy) is 1. The highest BCUT2D eigenvalue weighted by atomic mass is 16.6. The van der Waals surface area contributed by atoms with Gasteiger partial charge >= 0.3 is 0 Å². The molecule has 7 nitrogen and oxygen atoms in total. The Morgan fingerprint density at radius 2 is 1.97 bits per heavy atom. The number of aromatic nitrogens is 2. The Balaban J connectivity index is 1.57. The average Bonchev–Trinajstić information content (AvgIpc) is 3.29. The van der Waals surface area contributed by atoms with Crippen molar-refractivity contribution >= 4 is 39.1 Å². The summed E-state index contributed by atoms with van der Waals surface area (Å²) < 4.78 is 6.11. The topological polar surface area (TPSA) is 105 Å². The predicted octanol–water partition coefficient (Wildman–Crippen LogP) is 6.58. The van der Waals surface area contributed by atoms with Crippen LogP contribution in [0.5, 0.6) is 5.75 Å². The second-order valence-electron chi connectivity index (χ2n) is 8.19. The molecular formula is C28H20N4O3. The summed E-state index contributed by atoms with van der Waals surface area (Å²) in [5, 5.41) is 23.0. The monoisotopic (exact) mass is 460 g/mol. The summed E-state index contributed by atoms with van der Waals surface area (Å²) in [4.78, 5) is 18.5. The van der Waals surface area contributed by atoms with Crippen LogP contribution in [0, 0.1) is 28.4 Å². The molecule has 1 heterocycles. The maximum atomic E-state index is 11.1. The molecule has 1 N–H and O–H groups in total. The number of nitriles is 1. The largest absolute Gasteiger partial charge is 0.488 e.